The van der Waals surface area contributed by atoms with Crippen LogP contribution >= 0.6 is 0 Å². The Morgan fingerprint density at radius 3 is 2.39 bits per heavy atom. The van der Waals surface area contributed by atoms with Crippen molar-refractivity contribution >= 4 is 23.3 Å². The fourth-order valence-corrected chi connectivity index (χ4v) is 3.01. The van der Waals surface area contributed by atoms with Gasteiger partial charge in [0.25, 0.3) is 0 Å². The van der Waals surface area contributed by atoms with Gasteiger partial charge in [-0.3, -0.25) is 9.59 Å². The molecule has 0 bridgehead atoms. The van der Waals surface area contributed by atoms with Gasteiger partial charge in [-0.2, -0.15) is 0 Å². The molecule has 1 aliphatic heterocycles. The Morgan fingerprint density at radius 2 is 1.79 bits per heavy atom. The molecule has 0 spiro atoms. The van der Waals surface area contributed by atoms with Crippen LogP contribution in [0, 0.1) is 0 Å². The van der Waals surface area contributed by atoms with Crippen LogP contribution in [0.15, 0.2) is 42.5 Å². The smallest absolute Gasteiger partial charge is 0.342 e. The number of carbonyl (C=O) groups excluding carboxylic acids is 3. The third kappa shape index (κ3) is 4.14. The summed E-state index contributed by atoms with van der Waals surface area (Å²) in [6.45, 7) is 0.295. The summed E-state index contributed by atoms with van der Waals surface area (Å²) in [4.78, 5) is 38.1. The number of nitrogens with zero attached hydrogens (tertiary/aromatic N) is 1. The molecule has 2 aromatic rings. The fourth-order valence-electron chi connectivity index (χ4n) is 3.01. The maximum Gasteiger partial charge on any atom is 0.342 e. The molecule has 146 valence electrons. The minimum atomic E-state index is -0.660. The third-order valence-corrected chi connectivity index (χ3v) is 4.54. The quantitative estimate of drug-likeness (QED) is 0.540. The molecule has 1 saturated heterocycles. The first-order chi connectivity index (χ1) is 13.5. The summed E-state index contributed by atoms with van der Waals surface area (Å²) < 4.78 is 15.4. The fraction of sp³-hybridized carbons (Fsp3) is 0.286. The van der Waals surface area contributed by atoms with Gasteiger partial charge < -0.3 is 19.1 Å². The van der Waals surface area contributed by atoms with Crippen LogP contribution in [0.5, 0.6) is 11.5 Å². The molecule has 0 unspecified atom stereocenters. The van der Waals surface area contributed by atoms with Crippen molar-refractivity contribution < 1.29 is 28.6 Å². The van der Waals surface area contributed by atoms with E-state index in [9.17, 15) is 14.4 Å². The third-order valence-electron chi connectivity index (χ3n) is 4.54. The highest BCUT2D eigenvalue weighted by Crippen LogP contribution is 2.25. The minimum Gasteiger partial charge on any atom is -0.497 e. The first kappa shape index (κ1) is 19.4. The molecule has 2 aromatic carbocycles. The molecule has 7 nitrogen and oxygen atoms in total. The van der Waals surface area contributed by atoms with E-state index in [1.54, 1.807) is 41.3 Å². The second-order valence-electron chi connectivity index (χ2n) is 6.26. The van der Waals surface area contributed by atoms with Crippen molar-refractivity contribution in [1.82, 2.24) is 0 Å². The van der Waals surface area contributed by atoms with E-state index in [0.717, 1.165) is 12.1 Å². The van der Waals surface area contributed by atoms with Crippen LogP contribution in [0.25, 0.3) is 0 Å². The highest BCUT2D eigenvalue weighted by Gasteiger charge is 2.22. The number of carbonyl (C=O) groups is 3. The maximum atomic E-state index is 12.3. The van der Waals surface area contributed by atoms with Gasteiger partial charge in [0.2, 0.25) is 5.91 Å². The number of Topliss-reactive ketones (excluding diaryl/α,β-unsaturated/α-hetero) is 1. The van der Waals surface area contributed by atoms with Crippen molar-refractivity contribution in [2.45, 2.75) is 12.8 Å². The van der Waals surface area contributed by atoms with Crippen LogP contribution in [0.1, 0.15) is 33.6 Å². The Labute approximate surface area is 162 Å². The average Bonchev–Trinajstić information content (AvgIpc) is 3.17. The lowest BCUT2D eigenvalue weighted by molar-refractivity contribution is -0.117. The number of hydrogen-bond donors (Lipinski definition) is 0. The highest BCUT2D eigenvalue weighted by atomic mass is 16.5. The summed E-state index contributed by atoms with van der Waals surface area (Å²) in [7, 11) is 2.94. The van der Waals surface area contributed by atoms with E-state index < -0.39 is 12.6 Å². The standard InChI is InChI=1S/C21H21NO6/c1-26-16-9-10-17(19(12-16)27-2)21(25)28-13-18(23)14-5-7-15(8-6-14)22-11-3-4-20(22)24/h5-10,12H,3-4,11,13H2,1-2H3. The number of hydrogen-bond acceptors (Lipinski definition) is 6. The van der Waals surface area contributed by atoms with Crippen LogP contribution in [0.3, 0.4) is 0 Å². The van der Waals surface area contributed by atoms with Gasteiger partial charge in [0, 0.05) is 30.3 Å². The summed E-state index contributed by atoms with van der Waals surface area (Å²) in [5.41, 5.74) is 1.38. The minimum absolute atomic E-state index is 0.0847. The van der Waals surface area contributed by atoms with E-state index in [4.69, 9.17) is 14.2 Å². The second kappa shape index (κ2) is 8.56. The number of rotatable bonds is 7. The molecule has 0 N–H and O–H groups in total. The Balaban J connectivity index is 1.62. The summed E-state index contributed by atoms with van der Waals surface area (Å²) >= 11 is 0. The van der Waals surface area contributed by atoms with Crippen LogP contribution in [-0.4, -0.2) is 45.0 Å². The van der Waals surface area contributed by atoms with Gasteiger partial charge in [-0.25, -0.2) is 4.79 Å². The van der Waals surface area contributed by atoms with E-state index in [-0.39, 0.29) is 17.3 Å². The lowest BCUT2D eigenvalue weighted by atomic mass is 10.1. The monoisotopic (exact) mass is 383 g/mol. The van der Waals surface area contributed by atoms with Crippen molar-refractivity contribution in [2.75, 3.05) is 32.3 Å². The number of esters is 1. The predicted octanol–water partition coefficient (Wildman–Crippen LogP) is 2.87. The van der Waals surface area contributed by atoms with Gasteiger partial charge in [0.05, 0.1) is 14.2 Å². The van der Waals surface area contributed by atoms with Crippen molar-refractivity contribution in [3.05, 3.63) is 53.6 Å². The summed E-state index contributed by atoms with van der Waals surface area (Å²) in [6.07, 6.45) is 1.38. The van der Waals surface area contributed by atoms with Gasteiger partial charge in [0.1, 0.15) is 17.1 Å². The molecular weight excluding hydrogens is 362 g/mol. The lowest BCUT2D eigenvalue weighted by Gasteiger charge is -2.15. The average molecular weight is 383 g/mol. The molecule has 0 aliphatic carbocycles. The number of methoxy groups -OCH3 is 2. The lowest BCUT2D eigenvalue weighted by Crippen LogP contribution is -2.23. The van der Waals surface area contributed by atoms with Gasteiger partial charge in [0.15, 0.2) is 12.4 Å². The van der Waals surface area contributed by atoms with E-state index in [0.29, 0.717) is 30.0 Å². The zero-order valence-corrected chi connectivity index (χ0v) is 15.8. The summed E-state index contributed by atoms with van der Waals surface area (Å²) in [5.74, 6) is -0.0637. The maximum absolute atomic E-state index is 12.3. The molecule has 0 saturated carbocycles. The second-order valence-corrected chi connectivity index (χ2v) is 6.26. The Hall–Kier alpha value is -3.35. The normalized spacial score (nSPS) is 13.4. The number of anilines is 1. The van der Waals surface area contributed by atoms with E-state index in [2.05, 4.69) is 0 Å². The molecule has 0 atom stereocenters. The van der Waals surface area contributed by atoms with Crippen LogP contribution in [-0.2, 0) is 9.53 Å². The Kier molecular flexibility index (Phi) is 5.93. The summed E-state index contributed by atoms with van der Waals surface area (Å²) in [6, 6.07) is 11.4. The molecule has 28 heavy (non-hydrogen) atoms. The van der Waals surface area contributed by atoms with E-state index in [1.807, 2.05) is 0 Å². The molecule has 3 rings (SSSR count). The Morgan fingerprint density at radius 1 is 1.04 bits per heavy atom. The van der Waals surface area contributed by atoms with Crippen LogP contribution < -0.4 is 14.4 Å². The summed E-state index contributed by atoms with van der Waals surface area (Å²) in [5, 5.41) is 0. The Bertz CT molecular complexity index is 890. The van der Waals surface area contributed by atoms with E-state index in [1.165, 1.54) is 20.3 Å². The van der Waals surface area contributed by atoms with Crippen LogP contribution in [0.2, 0.25) is 0 Å². The van der Waals surface area contributed by atoms with Crippen molar-refractivity contribution in [1.29, 1.82) is 0 Å². The first-order valence-corrected chi connectivity index (χ1v) is 8.86. The van der Waals surface area contributed by atoms with Crippen molar-refractivity contribution in [3.63, 3.8) is 0 Å². The molecule has 1 amide bonds. The van der Waals surface area contributed by atoms with Gasteiger partial charge in [-0.15, -0.1) is 0 Å². The highest BCUT2D eigenvalue weighted by molar-refractivity contribution is 6.01. The van der Waals surface area contributed by atoms with Crippen molar-refractivity contribution in [2.24, 2.45) is 0 Å². The molecule has 0 aromatic heterocycles. The molecule has 7 heteroatoms. The van der Waals surface area contributed by atoms with Gasteiger partial charge >= 0.3 is 5.97 Å². The molecule has 1 heterocycles. The number of benzene rings is 2. The SMILES string of the molecule is COc1ccc(C(=O)OCC(=O)c2ccc(N3CCCC3=O)cc2)c(OC)c1. The topological polar surface area (TPSA) is 82.1 Å². The predicted molar refractivity (Wildman–Crippen MR) is 102 cm³/mol. The van der Waals surface area contributed by atoms with Crippen molar-refractivity contribution in [3.8, 4) is 11.5 Å². The van der Waals surface area contributed by atoms with Crippen LogP contribution in [0.4, 0.5) is 5.69 Å². The zero-order valence-electron chi connectivity index (χ0n) is 15.8. The largest absolute Gasteiger partial charge is 0.497 e. The number of amides is 1. The molecule has 0 radical (unpaired) electrons. The van der Waals surface area contributed by atoms with Gasteiger partial charge in [-0.05, 0) is 42.8 Å². The number of ether oxygens (including phenoxy) is 3. The zero-order chi connectivity index (χ0) is 20.1. The molecular formula is C21H21NO6. The molecule has 1 fully saturated rings. The number of ketones is 1. The van der Waals surface area contributed by atoms with E-state index >= 15 is 0 Å². The molecule has 1 aliphatic rings. The first-order valence-electron chi connectivity index (χ1n) is 8.86. The van der Waals surface area contributed by atoms with Gasteiger partial charge in [-0.1, -0.05) is 0 Å².